The summed E-state index contributed by atoms with van der Waals surface area (Å²) in [5.41, 5.74) is 14.8. The second kappa shape index (κ2) is 36.7. The SMILES string of the molecule is C.C#CCC.CCNc1cc(Cl)ncc1C=O.CCn1c(=N)c(C)cc2cnc(Cl)cc21.CCn1c(=O)c(C)cc2cnc(Cl)cc21.CCn1c(=O)c(C)cc2cnc(Nc3ccc(N(C)C4CCN(C)CC4)cn3)cc21.CN1CCC(N(C)c2ccc(N)nc2)CC1. The predicted molar refractivity (Wildman–Crippen MR) is 388 cm³/mol. The first-order valence-electron chi connectivity index (χ1n) is 31.0. The number of nitrogens with zero attached hydrogens (tertiary/aromatic N) is 13. The lowest BCUT2D eigenvalue weighted by atomic mass is 10.0. The Balaban J connectivity index is 0.000000216. The Bertz CT molecular complexity index is 4010. The van der Waals surface area contributed by atoms with Crippen molar-refractivity contribution in [2.45, 2.75) is 127 Å². The summed E-state index contributed by atoms with van der Waals surface area (Å²) in [5.74, 6) is 4.43. The Labute approximate surface area is 562 Å². The molecule has 9 aromatic rings. The number of hydrogen-bond acceptors (Lipinski definition) is 17. The molecule has 0 unspecified atom stereocenters. The molecule has 496 valence electrons. The zero-order valence-electron chi connectivity index (χ0n) is 55.1. The summed E-state index contributed by atoms with van der Waals surface area (Å²) < 4.78 is 5.42. The molecule has 11 heterocycles. The molecule has 0 aliphatic carbocycles. The molecule has 2 saturated heterocycles. The first-order chi connectivity index (χ1) is 44.1. The summed E-state index contributed by atoms with van der Waals surface area (Å²) in [5, 5.41) is 18.4. The van der Waals surface area contributed by atoms with E-state index in [-0.39, 0.29) is 18.5 Å². The number of nitrogen functional groups attached to an aromatic ring is 1. The van der Waals surface area contributed by atoms with Gasteiger partial charge in [-0.1, -0.05) is 49.2 Å². The van der Waals surface area contributed by atoms with E-state index in [4.69, 9.17) is 52.4 Å². The van der Waals surface area contributed by atoms with Crippen LogP contribution in [0.3, 0.4) is 0 Å². The summed E-state index contributed by atoms with van der Waals surface area (Å²) in [6.07, 6.45) is 21.6. The second-order valence-corrected chi connectivity index (χ2v) is 23.7. The Morgan fingerprint density at radius 1 is 0.602 bits per heavy atom. The second-order valence-electron chi connectivity index (χ2n) is 22.5. The minimum absolute atomic E-state index is 0. The molecule has 0 amide bonds. The minimum Gasteiger partial charge on any atom is -0.385 e. The van der Waals surface area contributed by atoms with Gasteiger partial charge in [-0.3, -0.25) is 19.8 Å². The maximum absolute atomic E-state index is 12.4. The smallest absolute Gasteiger partial charge is 0.253 e. The average molecular weight is 1330 g/mol. The van der Waals surface area contributed by atoms with E-state index in [9.17, 15) is 14.4 Å². The van der Waals surface area contributed by atoms with E-state index >= 15 is 0 Å². The van der Waals surface area contributed by atoms with Gasteiger partial charge in [-0.2, -0.15) is 0 Å². The molecule has 23 heteroatoms. The normalized spacial score (nSPS) is 13.1. The summed E-state index contributed by atoms with van der Waals surface area (Å²) in [4.78, 5) is 69.2. The number of anilines is 6. The number of aldehydes is 1. The van der Waals surface area contributed by atoms with Crippen LogP contribution < -0.4 is 42.8 Å². The Morgan fingerprint density at radius 3 is 1.45 bits per heavy atom. The summed E-state index contributed by atoms with van der Waals surface area (Å²) in [7, 11) is 8.65. The number of fused-ring (bicyclic) bond motifs is 3. The molecule has 2 aliphatic rings. The number of rotatable bonds is 12. The van der Waals surface area contributed by atoms with Crippen LogP contribution in [0.25, 0.3) is 32.7 Å². The van der Waals surface area contributed by atoms with Gasteiger partial charge < -0.3 is 49.7 Å². The van der Waals surface area contributed by atoms with Crippen molar-refractivity contribution in [3.05, 3.63) is 168 Å². The van der Waals surface area contributed by atoms with Crippen LogP contribution in [0.4, 0.5) is 34.5 Å². The van der Waals surface area contributed by atoms with Crippen LogP contribution in [0.2, 0.25) is 15.5 Å². The van der Waals surface area contributed by atoms with Crippen LogP contribution in [0, 0.1) is 38.5 Å². The highest BCUT2D eigenvalue weighted by Gasteiger charge is 2.22. The van der Waals surface area contributed by atoms with Gasteiger partial charge in [0.05, 0.1) is 45.9 Å². The van der Waals surface area contributed by atoms with Crippen molar-refractivity contribution in [2.24, 2.45) is 0 Å². The number of likely N-dealkylation sites (tertiary alicyclic amines) is 2. The number of aryl methyl sites for hydroxylation is 6. The molecule has 11 rings (SSSR count). The molecular weight excluding hydrogens is 1230 g/mol. The molecule has 0 atom stereocenters. The molecule has 0 aromatic carbocycles. The Hall–Kier alpha value is -8.45. The number of terminal acetylenes is 1. The molecule has 9 aromatic heterocycles. The van der Waals surface area contributed by atoms with Gasteiger partial charge in [0, 0.05) is 123 Å². The van der Waals surface area contributed by atoms with E-state index in [1.807, 2.05) is 115 Å². The maximum atomic E-state index is 12.4. The number of carbonyl (C=O) groups excluding carboxylic acids is 1. The third kappa shape index (κ3) is 20.8. The monoisotopic (exact) mass is 1320 g/mol. The fourth-order valence-corrected chi connectivity index (χ4v) is 11.2. The van der Waals surface area contributed by atoms with Crippen molar-refractivity contribution in [1.29, 1.82) is 5.41 Å². The van der Waals surface area contributed by atoms with Gasteiger partial charge in [0.1, 0.15) is 38.4 Å². The van der Waals surface area contributed by atoms with Crippen LogP contribution in [-0.4, -0.2) is 133 Å². The third-order valence-electron chi connectivity index (χ3n) is 16.1. The molecule has 20 nitrogen and oxygen atoms in total. The van der Waals surface area contributed by atoms with E-state index in [1.54, 1.807) is 45.9 Å². The maximum Gasteiger partial charge on any atom is 0.253 e. The van der Waals surface area contributed by atoms with Crippen molar-refractivity contribution >= 4 is 108 Å². The van der Waals surface area contributed by atoms with E-state index in [1.165, 1.54) is 45.0 Å². The molecule has 93 heavy (non-hydrogen) atoms. The average Bonchev–Trinajstić information content (AvgIpc) is 0.834. The largest absolute Gasteiger partial charge is 0.385 e. The van der Waals surface area contributed by atoms with Gasteiger partial charge in [0.15, 0.2) is 6.29 Å². The van der Waals surface area contributed by atoms with E-state index in [0.29, 0.717) is 63.3 Å². The number of halogens is 3. The number of aromatic nitrogens is 9. The van der Waals surface area contributed by atoms with Crippen molar-refractivity contribution in [3.63, 3.8) is 0 Å². The van der Waals surface area contributed by atoms with Crippen LogP contribution in [0.1, 0.15) is 101 Å². The Morgan fingerprint density at radius 2 is 1.02 bits per heavy atom. The van der Waals surface area contributed by atoms with Gasteiger partial charge in [-0.25, -0.2) is 29.9 Å². The van der Waals surface area contributed by atoms with E-state index in [2.05, 4.69) is 100 Å². The van der Waals surface area contributed by atoms with Gasteiger partial charge in [0.25, 0.3) is 11.1 Å². The molecule has 0 bridgehead atoms. The highest BCUT2D eigenvalue weighted by Crippen LogP contribution is 2.26. The van der Waals surface area contributed by atoms with Gasteiger partial charge >= 0.3 is 0 Å². The highest BCUT2D eigenvalue weighted by atomic mass is 35.5. The molecule has 2 aliphatic heterocycles. The fourth-order valence-electron chi connectivity index (χ4n) is 10.7. The number of piperidine rings is 2. The topological polar surface area (TPSA) is 230 Å². The number of hydrogen-bond donors (Lipinski definition) is 4. The lowest BCUT2D eigenvalue weighted by Crippen LogP contribution is -2.42. The van der Waals surface area contributed by atoms with E-state index in [0.717, 1.165) is 111 Å². The standard InChI is InChI=1S/C23H30N6O.C12H20N4.C11H12ClN3.C11H11ClN2O.C8H9ClN2O.C4H6.CH4/c1-5-29-20-13-22(24-14-17(20)12-16(2)23(29)30)26-21-7-6-19(15-25-21)28(4)18-8-10-27(3)11-9-18;1-15-7-5-10(6-8-15)16(2)11-3-4-12(13)14-9-11;1-3-15-9-5-10(12)14-6-8(9)4-7(2)11(15)13;1-3-14-9-5-10(12)13-6-8(9)4-7(2)11(14)15;1-2-10-7-3-8(9)11-4-6(7)5-12;1-3-4-2;/h6-7,12-15,18H,5,8-11H2,1-4H3,(H,24,25,26);3-4,9-10H,5-8H2,1-2H3,(H2,13,14);4-6,13H,3H2,1-2H3;4-6H,3H2,1-2H3;3-5H,2H2,1H3,(H,10,11);1H,4H2,2H3;1H4. The fraction of sp³-hybridized carbons (Fsp3) is 0.400. The number of nitrogens with one attached hydrogen (secondary N) is 3. The van der Waals surface area contributed by atoms with Crippen molar-refractivity contribution in [3.8, 4) is 12.3 Å². The summed E-state index contributed by atoms with van der Waals surface area (Å²) >= 11 is 17.3. The lowest BCUT2D eigenvalue weighted by Gasteiger charge is -2.36. The van der Waals surface area contributed by atoms with Crippen LogP contribution in [0.15, 0.2) is 114 Å². The quantitative estimate of drug-likeness (QED) is 0.0506. The Kier molecular flexibility index (Phi) is 29.7. The number of nitrogens with two attached hydrogens (primary N) is 1. The van der Waals surface area contributed by atoms with Crippen LogP contribution in [0.5, 0.6) is 0 Å². The zero-order valence-corrected chi connectivity index (χ0v) is 57.3. The third-order valence-corrected chi connectivity index (χ3v) is 16.7. The molecule has 5 N–H and O–H groups in total. The zero-order chi connectivity index (χ0) is 67.2. The molecule has 0 radical (unpaired) electrons. The van der Waals surface area contributed by atoms with Crippen molar-refractivity contribution in [1.82, 2.24) is 53.4 Å². The lowest BCUT2D eigenvalue weighted by molar-refractivity contribution is 0.112. The van der Waals surface area contributed by atoms with Gasteiger partial charge in [0.2, 0.25) is 0 Å². The predicted octanol–water partition coefficient (Wildman–Crippen LogP) is 13.1. The first-order valence-corrected chi connectivity index (χ1v) is 32.1. The minimum atomic E-state index is 0. The first kappa shape index (κ1) is 75.3. The van der Waals surface area contributed by atoms with Gasteiger partial charge in [-0.05, 0) is 181 Å². The van der Waals surface area contributed by atoms with Crippen molar-refractivity contribution in [2.75, 3.05) is 87.1 Å². The van der Waals surface area contributed by atoms with Crippen molar-refractivity contribution < 1.29 is 4.79 Å². The van der Waals surface area contributed by atoms with Gasteiger partial charge in [-0.15, -0.1) is 12.3 Å². The summed E-state index contributed by atoms with van der Waals surface area (Å²) in [6.45, 7) is 22.8. The van der Waals surface area contributed by atoms with Crippen LogP contribution >= 0.6 is 34.8 Å². The molecule has 0 spiro atoms. The highest BCUT2D eigenvalue weighted by molar-refractivity contribution is 6.30. The molecule has 0 saturated carbocycles. The number of pyridine rings is 9. The summed E-state index contributed by atoms with van der Waals surface area (Å²) in [6, 6.07) is 21.9. The number of carbonyl (C=O) groups is 1. The van der Waals surface area contributed by atoms with Crippen LogP contribution in [-0.2, 0) is 19.6 Å². The molecular formula is C70H92Cl3N17O3. The van der Waals surface area contributed by atoms with E-state index < -0.39 is 0 Å². The molecule has 2 fully saturated rings.